The number of aryl methyl sites for hydroxylation is 2. The largest absolute Gasteiger partial charge is 0.356 e. The monoisotopic (exact) mass is 426 g/mol. The minimum Gasteiger partial charge on any atom is -0.356 e. The van der Waals surface area contributed by atoms with E-state index in [0.29, 0.717) is 19.6 Å². The Bertz CT molecular complexity index is 865. The van der Waals surface area contributed by atoms with Crippen molar-refractivity contribution >= 4 is 23.2 Å². The fourth-order valence-electron chi connectivity index (χ4n) is 4.18. The number of piperidine rings is 1. The number of nitrogens with zero attached hydrogens (tertiary/aromatic N) is 1. The second-order valence-corrected chi connectivity index (χ2v) is 10.4. The predicted molar refractivity (Wildman–Crippen MR) is 124 cm³/mol. The molecule has 2 heterocycles. The number of hydrogen-bond acceptors (Lipinski definition) is 3. The van der Waals surface area contributed by atoms with E-state index in [1.807, 2.05) is 22.4 Å². The van der Waals surface area contributed by atoms with Crippen LogP contribution in [0.25, 0.3) is 0 Å². The third-order valence-corrected chi connectivity index (χ3v) is 6.98. The maximum absolute atomic E-state index is 12.6. The van der Waals surface area contributed by atoms with Gasteiger partial charge in [-0.1, -0.05) is 39.0 Å². The molecule has 1 saturated heterocycles. The second kappa shape index (κ2) is 9.34. The molecule has 0 saturated carbocycles. The van der Waals surface area contributed by atoms with Crippen LogP contribution in [0.4, 0.5) is 0 Å². The molecule has 2 aromatic rings. The second-order valence-electron chi connectivity index (χ2n) is 9.42. The molecule has 1 aliphatic heterocycles. The van der Waals surface area contributed by atoms with Gasteiger partial charge in [0, 0.05) is 25.6 Å². The van der Waals surface area contributed by atoms with E-state index in [2.05, 4.69) is 52.1 Å². The van der Waals surface area contributed by atoms with E-state index in [0.717, 1.165) is 24.1 Å². The highest BCUT2D eigenvalue weighted by Gasteiger charge is 2.28. The van der Waals surface area contributed by atoms with Gasteiger partial charge in [0.1, 0.15) is 0 Å². The van der Waals surface area contributed by atoms with Gasteiger partial charge in [-0.25, -0.2) is 0 Å². The number of carbonyl (C=O) groups is 2. The highest BCUT2D eigenvalue weighted by Crippen LogP contribution is 2.27. The average Bonchev–Trinajstić information content (AvgIpc) is 3.23. The van der Waals surface area contributed by atoms with E-state index in [1.165, 1.54) is 33.6 Å². The summed E-state index contributed by atoms with van der Waals surface area (Å²) < 4.78 is 0. The van der Waals surface area contributed by atoms with Crippen molar-refractivity contribution in [3.63, 3.8) is 0 Å². The van der Waals surface area contributed by atoms with Crippen LogP contribution in [0.3, 0.4) is 0 Å². The van der Waals surface area contributed by atoms with E-state index in [-0.39, 0.29) is 23.1 Å². The number of rotatable bonds is 5. The van der Waals surface area contributed by atoms with Gasteiger partial charge in [-0.2, -0.15) is 0 Å². The number of likely N-dealkylation sites (tertiary alicyclic amines) is 1. The third-order valence-electron chi connectivity index (χ3n) is 6.12. The lowest BCUT2D eigenvalue weighted by molar-refractivity contribution is -0.126. The molecule has 0 aliphatic carbocycles. The van der Waals surface area contributed by atoms with Crippen molar-refractivity contribution in [1.82, 2.24) is 10.2 Å². The van der Waals surface area contributed by atoms with Crippen LogP contribution in [0.5, 0.6) is 0 Å². The van der Waals surface area contributed by atoms with E-state index < -0.39 is 0 Å². The maximum atomic E-state index is 12.6. The molecule has 3 rings (SSSR count). The van der Waals surface area contributed by atoms with Crippen LogP contribution in [0, 0.1) is 19.8 Å². The molecule has 0 spiro atoms. The lowest BCUT2D eigenvalue weighted by atomic mass is 9.83. The van der Waals surface area contributed by atoms with Crippen molar-refractivity contribution in [3.8, 4) is 0 Å². The predicted octanol–water partition coefficient (Wildman–Crippen LogP) is 4.87. The normalized spacial score (nSPS) is 15.3. The summed E-state index contributed by atoms with van der Waals surface area (Å²) in [6.07, 6.45) is 2.33. The Balaban J connectivity index is 1.48. The van der Waals surface area contributed by atoms with Crippen molar-refractivity contribution in [2.24, 2.45) is 5.92 Å². The van der Waals surface area contributed by atoms with E-state index >= 15 is 0 Å². The van der Waals surface area contributed by atoms with Crippen LogP contribution >= 0.6 is 11.3 Å². The van der Waals surface area contributed by atoms with Gasteiger partial charge in [-0.15, -0.1) is 11.3 Å². The summed E-state index contributed by atoms with van der Waals surface area (Å²) in [6.45, 7) is 13.0. The fraction of sp³-hybridized carbons (Fsp3) is 0.520. The van der Waals surface area contributed by atoms with Crippen LogP contribution in [0.15, 0.2) is 29.6 Å². The Morgan fingerprint density at radius 1 is 1.13 bits per heavy atom. The molecule has 162 valence electrons. The van der Waals surface area contributed by atoms with Gasteiger partial charge in [-0.3, -0.25) is 9.59 Å². The molecular weight excluding hydrogens is 392 g/mol. The lowest BCUT2D eigenvalue weighted by Crippen LogP contribution is -2.43. The first-order valence-corrected chi connectivity index (χ1v) is 11.8. The summed E-state index contributed by atoms with van der Waals surface area (Å²) in [6, 6.07) is 8.33. The van der Waals surface area contributed by atoms with Crippen molar-refractivity contribution in [2.75, 3.05) is 19.6 Å². The molecule has 0 unspecified atom stereocenters. The third kappa shape index (κ3) is 5.31. The van der Waals surface area contributed by atoms with Gasteiger partial charge in [-0.05, 0) is 72.2 Å². The highest BCUT2D eigenvalue weighted by atomic mass is 32.1. The first kappa shape index (κ1) is 22.5. The standard InChI is InChI=1S/C25H34N2O2S/c1-17-15-20(25(3,4)5)16-18(2)21(17)8-11-26-23(28)19-9-12-27(13-10-19)24(29)22-7-6-14-30-22/h6-7,14-16,19H,8-13H2,1-5H3,(H,26,28). The molecule has 30 heavy (non-hydrogen) atoms. The number of nitrogens with one attached hydrogen (secondary N) is 1. The minimum absolute atomic E-state index is 0.00264. The van der Waals surface area contributed by atoms with Crippen molar-refractivity contribution < 1.29 is 9.59 Å². The van der Waals surface area contributed by atoms with Gasteiger partial charge < -0.3 is 10.2 Å². The Morgan fingerprint density at radius 2 is 1.77 bits per heavy atom. The molecule has 0 bridgehead atoms. The number of carbonyl (C=O) groups excluding carboxylic acids is 2. The first-order valence-electron chi connectivity index (χ1n) is 10.9. The molecule has 1 fully saturated rings. The van der Waals surface area contributed by atoms with Crippen molar-refractivity contribution in [2.45, 2.75) is 59.3 Å². The molecule has 1 aliphatic rings. The number of amides is 2. The summed E-state index contributed by atoms with van der Waals surface area (Å²) in [5.41, 5.74) is 5.43. The van der Waals surface area contributed by atoms with Gasteiger partial charge >= 0.3 is 0 Å². The zero-order chi connectivity index (χ0) is 21.9. The van der Waals surface area contributed by atoms with Crippen molar-refractivity contribution in [3.05, 3.63) is 56.8 Å². The molecule has 0 atom stereocenters. The fourth-order valence-corrected chi connectivity index (χ4v) is 4.87. The minimum atomic E-state index is 0.00264. The summed E-state index contributed by atoms with van der Waals surface area (Å²) in [4.78, 5) is 27.7. The molecule has 1 N–H and O–H groups in total. The van der Waals surface area contributed by atoms with Crippen LogP contribution < -0.4 is 5.32 Å². The summed E-state index contributed by atoms with van der Waals surface area (Å²) in [7, 11) is 0. The molecule has 0 radical (unpaired) electrons. The SMILES string of the molecule is Cc1cc(C(C)(C)C)cc(C)c1CCNC(=O)C1CCN(C(=O)c2cccs2)CC1. The topological polar surface area (TPSA) is 49.4 Å². The smallest absolute Gasteiger partial charge is 0.263 e. The molecule has 5 heteroatoms. The van der Waals surface area contributed by atoms with Crippen LogP contribution in [-0.4, -0.2) is 36.3 Å². The quantitative estimate of drug-likeness (QED) is 0.741. The Hall–Kier alpha value is -2.14. The van der Waals surface area contributed by atoms with Crippen molar-refractivity contribution in [1.29, 1.82) is 0 Å². The van der Waals surface area contributed by atoms with E-state index in [9.17, 15) is 9.59 Å². The molecule has 1 aromatic heterocycles. The van der Waals surface area contributed by atoms with Crippen LogP contribution in [-0.2, 0) is 16.6 Å². The zero-order valence-electron chi connectivity index (χ0n) is 18.9. The van der Waals surface area contributed by atoms with Gasteiger partial charge in [0.25, 0.3) is 5.91 Å². The molecule has 4 nitrogen and oxygen atoms in total. The van der Waals surface area contributed by atoms with Crippen LogP contribution in [0.2, 0.25) is 0 Å². The van der Waals surface area contributed by atoms with Gasteiger partial charge in [0.15, 0.2) is 0 Å². The summed E-state index contributed by atoms with van der Waals surface area (Å²) >= 11 is 1.47. The van der Waals surface area contributed by atoms with E-state index in [4.69, 9.17) is 0 Å². The lowest BCUT2D eigenvalue weighted by Gasteiger charge is -2.31. The molecular formula is C25H34N2O2S. The van der Waals surface area contributed by atoms with Gasteiger partial charge in [0.2, 0.25) is 5.91 Å². The molecule has 2 amide bonds. The number of hydrogen-bond donors (Lipinski definition) is 1. The van der Waals surface area contributed by atoms with Crippen LogP contribution in [0.1, 0.15) is 65.5 Å². The highest BCUT2D eigenvalue weighted by molar-refractivity contribution is 7.12. The van der Waals surface area contributed by atoms with Gasteiger partial charge in [0.05, 0.1) is 4.88 Å². The Labute approximate surface area is 184 Å². The number of thiophene rings is 1. The summed E-state index contributed by atoms with van der Waals surface area (Å²) in [5, 5.41) is 5.06. The zero-order valence-corrected chi connectivity index (χ0v) is 19.7. The maximum Gasteiger partial charge on any atom is 0.263 e. The number of benzene rings is 1. The summed E-state index contributed by atoms with van der Waals surface area (Å²) in [5.74, 6) is 0.219. The molecule has 1 aromatic carbocycles. The first-order chi connectivity index (χ1) is 14.2. The van der Waals surface area contributed by atoms with E-state index in [1.54, 1.807) is 0 Å². The average molecular weight is 427 g/mol. The Kier molecular flexibility index (Phi) is 7.02. The Morgan fingerprint density at radius 3 is 2.30 bits per heavy atom.